The second kappa shape index (κ2) is 10.1. The molecule has 1 aliphatic heterocycles. The molecule has 44 heavy (non-hydrogen) atoms. The van der Waals surface area contributed by atoms with E-state index in [1.54, 1.807) is 6.20 Å². The fraction of sp³-hybridized carbons (Fsp3) is 0.263. The van der Waals surface area contributed by atoms with E-state index in [4.69, 9.17) is 13.8 Å². The van der Waals surface area contributed by atoms with Crippen LogP contribution in [0, 0.1) is 0 Å². The monoisotopic (exact) mass is 584 g/mol. The maximum atomic E-state index is 8.19. The third-order valence-corrected chi connectivity index (χ3v) is 8.42. The Hall–Kier alpha value is -4.84. The summed E-state index contributed by atoms with van der Waals surface area (Å²) in [5.74, 6) is 2.74. The summed E-state index contributed by atoms with van der Waals surface area (Å²) in [6, 6.07) is 28.4. The zero-order chi connectivity index (χ0) is 33.3. The van der Waals surface area contributed by atoms with Crippen molar-refractivity contribution < 1.29 is 8.85 Å². The van der Waals surface area contributed by atoms with E-state index in [0.29, 0.717) is 23.0 Å². The highest BCUT2D eigenvalue weighted by Crippen LogP contribution is 2.43. The minimum atomic E-state index is -2.30. The highest BCUT2D eigenvalue weighted by atomic mass is 16.5. The first-order chi connectivity index (χ1) is 22.2. The second-order valence-corrected chi connectivity index (χ2v) is 13.6. The molecule has 3 aromatic carbocycles. The molecule has 0 bridgehead atoms. The van der Waals surface area contributed by atoms with Gasteiger partial charge in [0, 0.05) is 46.4 Å². The van der Waals surface area contributed by atoms with E-state index in [0.717, 1.165) is 38.9 Å². The summed E-state index contributed by atoms with van der Waals surface area (Å²) in [5, 5.41) is 2.25. The fourth-order valence-corrected chi connectivity index (χ4v) is 5.94. The van der Waals surface area contributed by atoms with Crippen LogP contribution in [0.5, 0.6) is 11.5 Å². The quantitative estimate of drug-likeness (QED) is 0.206. The highest BCUT2D eigenvalue weighted by molar-refractivity contribution is 6.09. The SMILES string of the molecule is [2H]C([2H])([2H])N1CN(c2cc(Oc3ccc4c5ccccc5n(-c5cc(C(C)(C)C)ccn5)c4c3)ccn2)c2cc(C(C)(C)C)ccc21. The van der Waals surface area contributed by atoms with Crippen molar-refractivity contribution in [1.29, 1.82) is 0 Å². The van der Waals surface area contributed by atoms with Crippen LogP contribution >= 0.6 is 0 Å². The van der Waals surface area contributed by atoms with Crippen LogP contribution in [0.25, 0.3) is 27.6 Å². The van der Waals surface area contributed by atoms with Gasteiger partial charge in [-0.15, -0.1) is 0 Å². The number of rotatable bonds is 4. The van der Waals surface area contributed by atoms with Gasteiger partial charge in [-0.25, -0.2) is 9.97 Å². The molecule has 7 rings (SSSR count). The van der Waals surface area contributed by atoms with Gasteiger partial charge in [-0.1, -0.05) is 65.8 Å². The third kappa shape index (κ3) is 4.84. The summed E-state index contributed by atoms with van der Waals surface area (Å²) in [6.07, 6.45) is 3.58. The van der Waals surface area contributed by atoms with E-state index >= 15 is 0 Å². The first kappa shape index (κ1) is 24.6. The predicted molar refractivity (Wildman–Crippen MR) is 182 cm³/mol. The zero-order valence-corrected chi connectivity index (χ0v) is 26.1. The van der Waals surface area contributed by atoms with Gasteiger partial charge in [0.05, 0.1) is 29.1 Å². The van der Waals surface area contributed by atoms with Crippen LogP contribution in [0.1, 0.15) is 56.8 Å². The molecule has 6 nitrogen and oxygen atoms in total. The number of ether oxygens (including phenoxy) is 1. The summed E-state index contributed by atoms with van der Waals surface area (Å²) in [5.41, 5.74) is 5.75. The minimum absolute atomic E-state index is 0.0194. The maximum absolute atomic E-state index is 8.19. The van der Waals surface area contributed by atoms with Gasteiger partial charge < -0.3 is 14.5 Å². The topological polar surface area (TPSA) is 46.4 Å². The number of hydrogen-bond acceptors (Lipinski definition) is 5. The van der Waals surface area contributed by atoms with E-state index in [9.17, 15) is 0 Å². The predicted octanol–water partition coefficient (Wildman–Crippen LogP) is 9.51. The number of para-hydroxylation sites is 1. The molecule has 1 aliphatic rings. The molecule has 0 unspecified atom stereocenters. The summed E-state index contributed by atoms with van der Waals surface area (Å²) in [7, 11) is 0. The van der Waals surface area contributed by atoms with Crippen molar-refractivity contribution in [3.63, 3.8) is 0 Å². The molecule has 0 spiro atoms. The Morgan fingerprint density at radius 3 is 2.16 bits per heavy atom. The van der Waals surface area contributed by atoms with E-state index in [1.165, 1.54) is 10.5 Å². The molecule has 222 valence electrons. The Morgan fingerprint density at radius 2 is 1.36 bits per heavy atom. The van der Waals surface area contributed by atoms with E-state index < -0.39 is 6.98 Å². The molecule has 0 N–H and O–H groups in total. The van der Waals surface area contributed by atoms with Gasteiger partial charge in [0.25, 0.3) is 0 Å². The molecular formula is C38H39N5O. The molecule has 0 saturated carbocycles. The first-order valence-electron chi connectivity index (χ1n) is 16.5. The molecule has 0 fully saturated rings. The standard InChI is InChI=1S/C38H39N5O/c1-37(2,3)25-12-15-32-34(20-25)42(24-41(32)7)35-23-28(17-19-39-35)44-27-13-14-30-29-10-8-9-11-31(29)43(33(30)22-27)36-21-26(16-18-40-36)38(4,5)6/h8-23H,24H2,1-7H3/i7D3. The number of fused-ring (bicyclic) bond motifs is 4. The lowest BCUT2D eigenvalue weighted by atomic mass is 9.86. The maximum Gasteiger partial charge on any atom is 0.138 e. The summed E-state index contributed by atoms with van der Waals surface area (Å²) < 4.78 is 33.2. The van der Waals surface area contributed by atoms with Crippen molar-refractivity contribution in [2.24, 2.45) is 0 Å². The van der Waals surface area contributed by atoms with Crippen molar-refractivity contribution >= 4 is 39.0 Å². The van der Waals surface area contributed by atoms with E-state index in [2.05, 4.69) is 106 Å². The van der Waals surface area contributed by atoms with Crippen LogP contribution in [-0.4, -0.2) is 28.2 Å². The average Bonchev–Trinajstić information content (AvgIpc) is 3.56. The van der Waals surface area contributed by atoms with Crippen LogP contribution in [0.4, 0.5) is 17.2 Å². The second-order valence-electron chi connectivity index (χ2n) is 13.6. The number of benzene rings is 3. The number of anilines is 3. The van der Waals surface area contributed by atoms with Gasteiger partial charge in [0.1, 0.15) is 23.1 Å². The smallest absolute Gasteiger partial charge is 0.138 e. The van der Waals surface area contributed by atoms with E-state index in [-0.39, 0.29) is 17.5 Å². The Bertz CT molecular complexity index is 2140. The molecule has 0 radical (unpaired) electrons. The van der Waals surface area contributed by atoms with Crippen LogP contribution in [0.15, 0.2) is 97.3 Å². The lowest BCUT2D eigenvalue weighted by molar-refractivity contribution is 0.482. The molecule has 0 aliphatic carbocycles. The van der Waals surface area contributed by atoms with Crippen molar-refractivity contribution in [1.82, 2.24) is 14.5 Å². The molecule has 6 heteroatoms. The summed E-state index contributed by atoms with van der Waals surface area (Å²) >= 11 is 0. The third-order valence-electron chi connectivity index (χ3n) is 8.42. The molecule has 3 aromatic heterocycles. The Kier molecular flexibility index (Phi) is 5.65. The van der Waals surface area contributed by atoms with Gasteiger partial charge in [-0.2, -0.15) is 0 Å². The lowest BCUT2D eigenvalue weighted by Gasteiger charge is -2.22. The Labute approximate surface area is 263 Å². The normalized spacial score (nSPS) is 14.9. The van der Waals surface area contributed by atoms with Crippen molar-refractivity contribution in [2.45, 2.75) is 52.4 Å². The van der Waals surface area contributed by atoms with Gasteiger partial charge >= 0.3 is 0 Å². The van der Waals surface area contributed by atoms with Gasteiger partial charge in [0.2, 0.25) is 0 Å². The number of nitrogens with zero attached hydrogens (tertiary/aromatic N) is 5. The summed E-state index contributed by atoms with van der Waals surface area (Å²) in [6.45, 7) is 10.9. The number of pyridine rings is 2. The van der Waals surface area contributed by atoms with Crippen LogP contribution in [0.2, 0.25) is 0 Å². The summed E-state index contributed by atoms with van der Waals surface area (Å²) in [4.78, 5) is 12.8. The molecular weight excluding hydrogens is 542 g/mol. The van der Waals surface area contributed by atoms with Crippen molar-refractivity contribution in [2.75, 3.05) is 23.4 Å². The Balaban J connectivity index is 1.28. The molecule has 4 heterocycles. The average molecular weight is 585 g/mol. The van der Waals surface area contributed by atoms with Crippen molar-refractivity contribution in [3.05, 3.63) is 108 Å². The first-order valence-corrected chi connectivity index (χ1v) is 15.0. The Morgan fingerprint density at radius 1 is 0.659 bits per heavy atom. The van der Waals surface area contributed by atoms with Crippen LogP contribution in [0.3, 0.4) is 0 Å². The lowest BCUT2D eigenvalue weighted by Crippen LogP contribution is -2.24. The van der Waals surface area contributed by atoms with E-state index in [1.807, 2.05) is 41.4 Å². The van der Waals surface area contributed by atoms with Crippen molar-refractivity contribution in [3.8, 4) is 17.3 Å². The molecule has 0 atom stereocenters. The zero-order valence-electron chi connectivity index (χ0n) is 29.1. The number of aromatic nitrogens is 3. The van der Waals surface area contributed by atoms with Gasteiger partial charge in [0.15, 0.2) is 0 Å². The van der Waals surface area contributed by atoms with Gasteiger partial charge in [-0.05, 0) is 70.5 Å². The van der Waals surface area contributed by atoms with Gasteiger partial charge in [-0.3, -0.25) is 4.57 Å². The van der Waals surface area contributed by atoms with Crippen LogP contribution < -0.4 is 14.5 Å². The van der Waals surface area contributed by atoms with Crippen LogP contribution in [-0.2, 0) is 10.8 Å². The minimum Gasteiger partial charge on any atom is -0.457 e. The highest BCUT2D eigenvalue weighted by Gasteiger charge is 2.28. The number of hydrogen-bond donors (Lipinski definition) is 0. The molecule has 6 aromatic rings. The largest absolute Gasteiger partial charge is 0.457 e. The molecule has 0 saturated heterocycles. The molecule has 0 amide bonds. The fourth-order valence-electron chi connectivity index (χ4n) is 5.94.